The van der Waals surface area contributed by atoms with Crippen LogP contribution < -0.4 is 10.6 Å². The molecule has 2 saturated heterocycles. The summed E-state index contributed by atoms with van der Waals surface area (Å²) in [6, 6.07) is 0.304. The Bertz CT molecular complexity index is 294. The molecule has 0 aromatic rings. The van der Waals surface area contributed by atoms with Crippen molar-refractivity contribution >= 4 is 5.91 Å². The molecule has 3 atom stereocenters. The van der Waals surface area contributed by atoms with Gasteiger partial charge in [0.15, 0.2) is 0 Å². The number of likely N-dealkylation sites (tertiary alicyclic amines) is 1. The van der Waals surface area contributed by atoms with Gasteiger partial charge in [-0.2, -0.15) is 0 Å². The average Bonchev–Trinajstić information content (AvgIpc) is 2.86. The lowest BCUT2D eigenvalue weighted by atomic mass is 10.0. The Labute approximate surface area is 117 Å². The van der Waals surface area contributed by atoms with Gasteiger partial charge in [0.2, 0.25) is 5.91 Å². The summed E-state index contributed by atoms with van der Waals surface area (Å²) in [7, 11) is 0. The van der Waals surface area contributed by atoms with Gasteiger partial charge < -0.3 is 10.6 Å². The van der Waals surface area contributed by atoms with Crippen molar-refractivity contribution in [1.82, 2.24) is 15.5 Å². The van der Waals surface area contributed by atoms with Crippen molar-refractivity contribution in [3.8, 4) is 0 Å². The Morgan fingerprint density at radius 1 is 1.21 bits per heavy atom. The minimum atomic E-state index is 0.198. The molecule has 110 valence electrons. The molecule has 19 heavy (non-hydrogen) atoms. The first-order valence-corrected chi connectivity index (χ1v) is 7.77. The largest absolute Gasteiger partial charge is 0.353 e. The summed E-state index contributed by atoms with van der Waals surface area (Å²) in [5.41, 5.74) is 0. The van der Waals surface area contributed by atoms with E-state index in [9.17, 15) is 4.79 Å². The van der Waals surface area contributed by atoms with E-state index in [0.717, 1.165) is 44.4 Å². The molecule has 1 amide bonds. The summed E-state index contributed by atoms with van der Waals surface area (Å²) in [5.74, 6) is 2.45. The fourth-order valence-corrected chi connectivity index (χ4v) is 3.26. The van der Waals surface area contributed by atoms with Crippen LogP contribution in [0.5, 0.6) is 0 Å². The number of amides is 1. The number of rotatable bonds is 6. The van der Waals surface area contributed by atoms with E-state index in [4.69, 9.17) is 0 Å². The number of carbonyl (C=O) groups excluding carboxylic acids is 1. The fourth-order valence-electron chi connectivity index (χ4n) is 3.26. The van der Waals surface area contributed by atoms with Crippen molar-refractivity contribution in [2.75, 3.05) is 32.7 Å². The van der Waals surface area contributed by atoms with Gasteiger partial charge in [0.25, 0.3) is 0 Å². The maximum atomic E-state index is 12.0. The van der Waals surface area contributed by atoms with Crippen LogP contribution in [-0.4, -0.2) is 49.6 Å². The second-order valence-corrected chi connectivity index (χ2v) is 6.81. The average molecular weight is 267 g/mol. The number of carbonyl (C=O) groups is 1. The molecule has 4 heteroatoms. The van der Waals surface area contributed by atoms with E-state index < -0.39 is 0 Å². The Kier molecular flexibility index (Phi) is 5.22. The molecule has 0 spiro atoms. The highest BCUT2D eigenvalue weighted by atomic mass is 16.2. The SMILES string of the molecule is CC(C)CCC(C)NC(=O)CN1C[C@H]2CNC[C@H]2C1. The van der Waals surface area contributed by atoms with Crippen molar-refractivity contribution in [1.29, 1.82) is 0 Å². The minimum Gasteiger partial charge on any atom is -0.353 e. The third-order valence-corrected chi connectivity index (χ3v) is 4.42. The maximum absolute atomic E-state index is 12.0. The van der Waals surface area contributed by atoms with Crippen LogP contribution in [0.1, 0.15) is 33.6 Å². The molecule has 1 unspecified atom stereocenters. The summed E-state index contributed by atoms with van der Waals surface area (Å²) in [6.07, 6.45) is 2.26. The molecule has 2 rings (SSSR count). The summed E-state index contributed by atoms with van der Waals surface area (Å²) in [6.45, 7) is 11.6. The van der Waals surface area contributed by atoms with Crippen LogP contribution in [0.25, 0.3) is 0 Å². The predicted octanol–water partition coefficient (Wildman–Crippen LogP) is 1.08. The van der Waals surface area contributed by atoms with E-state index in [1.165, 1.54) is 6.42 Å². The molecule has 2 fully saturated rings. The molecule has 2 aliphatic heterocycles. The Morgan fingerprint density at radius 3 is 2.42 bits per heavy atom. The van der Waals surface area contributed by atoms with E-state index >= 15 is 0 Å². The monoisotopic (exact) mass is 267 g/mol. The zero-order valence-corrected chi connectivity index (χ0v) is 12.6. The molecular formula is C15H29N3O. The highest BCUT2D eigenvalue weighted by molar-refractivity contribution is 5.78. The molecule has 0 aromatic carbocycles. The first kappa shape index (κ1) is 14.8. The normalized spacial score (nSPS) is 28.6. The number of hydrogen-bond donors (Lipinski definition) is 2. The van der Waals surface area contributed by atoms with Crippen molar-refractivity contribution < 1.29 is 4.79 Å². The van der Waals surface area contributed by atoms with Crippen LogP contribution in [-0.2, 0) is 4.79 Å². The first-order valence-electron chi connectivity index (χ1n) is 7.77. The molecule has 0 aliphatic carbocycles. The van der Waals surface area contributed by atoms with Crippen LogP contribution in [0.15, 0.2) is 0 Å². The van der Waals surface area contributed by atoms with Crippen LogP contribution >= 0.6 is 0 Å². The number of fused-ring (bicyclic) bond motifs is 1. The van der Waals surface area contributed by atoms with Gasteiger partial charge in [-0.25, -0.2) is 0 Å². The van der Waals surface area contributed by atoms with Crippen molar-refractivity contribution in [3.63, 3.8) is 0 Å². The second kappa shape index (κ2) is 6.71. The van der Waals surface area contributed by atoms with Gasteiger partial charge in [-0.05, 0) is 50.6 Å². The lowest BCUT2D eigenvalue weighted by molar-refractivity contribution is -0.122. The van der Waals surface area contributed by atoms with Crippen LogP contribution in [0.4, 0.5) is 0 Å². The van der Waals surface area contributed by atoms with Crippen LogP contribution in [0.3, 0.4) is 0 Å². The molecule has 4 nitrogen and oxygen atoms in total. The summed E-state index contributed by atoms with van der Waals surface area (Å²) < 4.78 is 0. The lowest BCUT2D eigenvalue weighted by Crippen LogP contribution is -2.41. The van der Waals surface area contributed by atoms with E-state index in [1.54, 1.807) is 0 Å². The Morgan fingerprint density at radius 2 is 1.84 bits per heavy atom. The minimum absolute atomic E-state index is 0.198. The van der Waals surface area contributed by atoms with Gasteiger partial charge in [0.1, 0.15) is 0 Å². The second-order valence-electron chi connectivity index (χ2n) is 6.81. The highest BCUT2D eigenvalue weighted by Crippen LogP contribution is 2.25. The van der Waals surface area contributed by atoms with E-state index in [0.29, 0.717) is 18.5 Å². The number of nitrogens with zero attached hydrogens (tertiary/aromatic N) is 1. The van der Waals surface area contributed by atoms with Crippen LogP contribution in [0.2, 0.25) is 0 Å². The standard InChI is InChI=1S/C15H29N3O/c1-11(2)4-5-12(3)17-15(19)10-18-8-13-6-16-7-14(13)9-18/h11-14,16H,4-10H2,1-3H3,(H,17,19)/t12?,13-,14+. The molecular weight excluding hydrogens is 238 g/mol. The van der Waals surface area contributed by atoms with Gasteiger partial charge in [-0.1, -0.05) is 13.8 Å². The molecule has 0 saturated carbocycles. The lowest BCUT2D eigenvalue weighted by Gasteiger charge is -2.19. The van der Waals surface area contributed by atoms with Gasteiger partial charge in [0, 0.05) is 19.1 Å². The smallest absolute Gasteiger partial charge is 0.234 e. The zero-order valence-electron chi connectivity index (χ0n) is 12.6. The number of hydrogen-bond acceptors (Lipinski definition) is 3. The highest BCUT2D eigenvalue weighted by Gasteiger charge is 2.36. The van der Waals surface area contributed by atoms with E-state index in [-0.39, 0.29) is 5.91 Å². The van der Waals surface area contributed by atoms with Gasteiger partial charge in [-0.15, -0.1) is 0 Å². The molecule has 0 radical (unpaired) electrons. The molecule has 0 aromatic heterocycles. The Balaban J connectivity index is 1.64. The van der Waals surface area contributed by atoms with Gasteiger partial charge in [-0.3, -0.25) is 9.69 Å². The molecule has 2 heterocycles. The molecule has 0 bridgehead atoms. The Hall–Kier alpha value is -0.610. The van der Waals surface area contributed by atoms with Crippen molar-refractivity contribution in [2.24, 2.45) is 17.8 Å². The van der Waals surface area contributed by atoms with Crippen molar-refractivity contribution in [2.45, 2.75) is 39.7 Å². The van der Waals surface area contributed by atoms with Crippen LogP contribution in [0, 0.1) is 17.8 Å². The quantitative estimate of drug-likeness (QED) is 0.757. The molecule has 2 N–H and O–H groups in total. The van der Waals surface area contributed by atoms with Crippen molar-refractivity contribution in [3.05, 3.63) is 0 Å². The maximum Gasteiger partial charge on any atom is 0.234 e. The topological polar surface area (TPSA) is 44.4 Å². The molecule has 2 aliphatic rings. The predicted molar refractivity (Wildman–Crippen MR) is 78.0 cm³/mol. The number of nitrogens with one attached hydrogen (secondary N) is 2. The third-order valence-electron chi connectivity index (χ3n) is 4.42. The zero-order chi connectivity index (χ0) is 13.8. The van der Waals surface area contributed by atoms with Gasteiger partial charge in [0.05, 0.1) is 6.54 Å². The summed E-state index contributed by atoms with van der Waals surface area (Å²) in [5, 5.41) is 6.56. The summed E-state index contributed by atoms with van der Waals surface area (Å²) >= 11 is 0. The summed E-state index contributed by atoms with van der Waals surface area (Å²) in [4.78, 5) is 14.3. The first-order chi connectivity index (χ1) is 9.04. The fraction of sp³-hybridized carbons (Fsp3) is 0.933. The van der Waals surface area contributed by atoms with E-state index in [2.05, 4.69) is 36.3 Å². The third kappa shape index (κ3) is 4.46. The van der Waals surface area contributed by atoms with Gasteiger partial charge >= 0.3 is 0 Å². The van der Waals surface area contributed by atoms with E-state index in [1.807, 2.05) is 0 Å².